The molecule has 3 nitrogen and oxygen atoms in total. The third-order valence-electron chi connectivity index (χ3n) is 4.18. The number of hydrogen-bond donors (Lipinski definition) is 0. The number of rotatable bonds is 13. The summed E-state index contributed by atoms with van der Waals surface area (Å²) in [4.78, 5) is 4.56. The predicted octanol–water partition coefficient (Wildman–Crippen LogP) is 3.88. The van der Waals surface area contributed by atoms with Gasteiger partial charge >= 0.3 is 0 Å². The summed E-state index contributed by atoms with van der Waals surface area (Å²) in [6.45, 7) is 10.1. The van der Waals surface area contributed by atoms with Crippen LogP contribution in [0.25, 0.3) is 0 Å². The second-order valence-electron chi connectivity index (χ2n) is 7.53. The Kier molecular flexibility index (Phi) is 11.4. The molecule has 0 saturated carbocycles. The smallest absolute Gasteiger partial charge is 0.0547 e. The molecule has 0 fully saturated rings. The number of hydrogen-bond acceptors (Lipinski definition) is 3. The normalized spacial score (nSPS) is 14.1. The topological polar surface area (TPSA) is 15.7 Å². The molecule has 0 N–H and O–H groups in total. The van der Waals surface area contributed by atoms with Crippen molar-refractivity contribution in [3.63, 3.8) is 0 Å². The van der Waals surface area contributed by atoms with Crippen LogP contribution in [0, 0.1) is 5.41 Å². The van der Waals surface area contributed by atoms with Gasteiger partial charge in [0, 0.05) is 0 Å². The van der Waals surface area contributed by atoms with E-state index in [1.54, 1.807) is 0 Å². The van der Waals surface area contributed by atoms with Crippen molar-refractivity contribution >= 4 is 0 Å². The Morgan fingerprint density at radius 3 is 1.81 bits per heavy atom. The molecule has 0 saturated heterocycles. The summed E-state index contributed by atoms with van der Waals surface area (Å²) in [6.07, 6.45) is 7.82. The van der Waals surface area contributed by atoms with Gasteiger partial charge in [0.2, 0.25) is 0 Å². The predicted molar refractivity (Wildman–Crippen MR) is 94.0 cm³/mol. The first kappa shape index (κ1) is 20.9. The Morgan fingerprint density at radius 2 is 1.43 bits per heavy atom. The number of nitrogens with zero attached hydrogens (tertiary/aromatic N) is 2. The van der Waals surface area contributed by atoms with E-state index in [0.29, 0.717) is 11.5 Å². The lowest BCUT2D eigenvalue weighted by molar-refractivity contribution is -0.00782. The van der Waals surface area contributed by atoms with E-state index in [1.807, 2.05) is 0 Å². The standard InChI is InChI=1S/C18H40N2O/c1-8-11-17(2)21-16-18(3,12-9-14-19(4)5)13-10-15-20(6)7/h17H,8-16H2,1-7H3. The van der Waals surface area contributed by atoms with Crippen molar-refractivity contribution < 1.29 is 4.74 Å². The fourth-order valence-electron chi connectivity index (χ4n) is 2.75. The minimum Gasteiger partial charge on any atom is -0.378 e. The third-order valence-corrected chi connectivity index (χ3v) is 4.18. The van der Waals surface area contributed by atoms with Gasteiger partial charge < -0.3 is 14.5 Å². The van der Waals surface area contributed by atoms with Crippen LogP contribution in [0.1, 0.15) is 59.3 Å². The van der Waals surface area contributed by atoms with Crippen molar-refractivity contribution in [2.75, 3.05) is 47.9 Å². The van der Waals surface area contributed by atoms with Gasteiger partial charge in [-0.3, -0.25) is 0 Å². The van der Waals surface area contributed by atoms with E-state index in [4.69, 9.17) is 4.74 Å². The monoisotopic (exact) mass is 300 g/mol. The molecule has 0 amide bonds. The van der Waals surface area contributed by atoms with Crippen LogP contribution >= 0.6 is 0 Å². The van der Waals surface area contributed by atoms with Crippen LogP contribution in [0.5, 0.6) is 0 Å². The highest BCUT2D eigenvalue weighted by molar-refractivity contribution is 4.76. The summed E-state index contributed by atoms with van der Waals surface area (Å²) in [6, 6.07) is 0. The molecule has 128 valence electrons. The van der Waals surface area contributed by atoms with E-state index in [-0.39, 0.29) is 0 Å². The largest absolute Gasteiger partial charge is 0.378 e. The average molecular weight is 301 g/mol. The van der Waals surface area contributed by atoms with E-state index < -0.39 is 0 Å². The van der Waals surface area contributed by atoms with Crippen molar-refractivity contribution in [2.45, 2.75) is 65.4 Å². The van der Waals surface area contributed by atoms with E-state index in [0.717, 1.165) is 6.61 Å². The SMILES string of the molecule is CCCC(C)OCC(C)(CCCN(C)C)CCCN(C)C. The van der Waals surface area contributed by atoms with Crippen LogP contribution in [0.3, 0.4) is 0 Å². The molecule has 0 aromatic rings. The molecule has 0 bridgehead atoms. The maximum Gasteiger partial charge on any atom is 0.0547 e. The second kappa shape index (κ2) is 11.4. The van der Waals surface area contributed by atoms with Gasteiger partial charge in [0.25, 0.3) is 0 Å². The molecule has 0 radical (unpaired) electrons. The van der Waals surface area contributed by atoms with E-state index >= 15 is 0 Å². The van der Waals surface area contributed by atoms with Gasteiger partial charge in [-0.05, 0) is 85.7 Å². The molecule has 0 aliphatic rings. The molecular formula is C18H40N2O. The second-order valence-corrected chi connectivity index (χ2v) is 7.53. The third kappa shape index (κ3) is 12.1. The molecule has 0 aliphatic carbocycles. The molecular weight excluding hydrogens is 260 g/mol. The van der Waals surface area contributed by atoms with Gasteiger partial charge in [-0.25, -0.2) is 0 Å². The molecule has 0 aromatic heterocycles. The lowest BCUT2D eigenvalue weighted by Crippen LogP contribution is -2.29. The molecule has 3 heteroatoms. The first-order valence-corrected chi connectivity index (χ1v) is 8.70. The fourth-order valence-corrected chi connectivity index (χ4v) is 2.75. The Bertz CT molecular complexity index is 227. The van der Waals surface area contributed by atoms with Gasteiger partial charge in [-0.15, -0.1) is 0 Å². The van der Waals surface area contributed by atoms with Gasteiger partial charge in [0.15, 0.2) is 0 Å². The van der Waals surface area contributed by atoms with Crippen LogP contribution < -0.4 is 0 Å². The molecule has 0 aliphatic heterocycles. The van der Waals surface area contributed by atoms with Crippen LogP contribution in [-0.4, -0.2) is 63.8 Å². The van der Waals surface area contributed by atoms with Gasteiger partial charge in [0.05, 0.1) is 12.7 Å². The molecule has 0 spiro atoms. The maximum atomic E-state index is 6.14. The highest BCUT2D eigenvalue weighted by Gasteiger charge is 2.25. The van der Waals surface area contributed by atoms with Gasteiger partial charge in [0.1, 0.15) is 0 Å². The van der Waals surface area contributed by atoms with Crippen molar-refractivity contribution in [3.05, 3.63) is 0 Å². The highest BCUT2D eigenvalue weighted by Crippen LogP contribution is 2.30. The van der Waals surface area contributed by atoms with E-state index in [1.165, 1.54) is 51.6 Å². The lowest BCUT2D eigenvalue weighted by Gasteiger charge is -2.32. The van der Waals surface area contributed by atoms with E-state index in [9.17, 15) is 0 Å². The fraction of sp³-hybridized carbons (Fsp3) is 1.00. The molecule has 0 aromatic carbocycles. The highest BCUT2D eigenvalue weighted by atomic mass is 16.5. The van der Waals surface area contributed by atoms with Crippen LogP contribution in [0.4, 0.5) is 0 Å². The molecule has 1 atom stereocenters. The zero-order chi connectivity index (χ0) is 16.3. The number of ether oxygens (including phenoxy) is 1. The minimum atomic E-state index is 0.327. The Labute approximate surface area is 134 Å². The van der Waals surface area contributed by atoms with Crippen molar-refractivity contribution in [1.82, 2.24) is 9.80 Å². The van der Waals surface area contributed by atoms with Crippen LogP contribution in [0.2, 0.25) is 0 Å². The zero-order valence-corrected chi connectivity index (χ0v) is 15.7. The van der Waals surface area contributed by atoms with Crippen molar-refractivity contribution in [1.29, 1.82) is 0 Å². The first-order chi connectivity index (χ1) is 9.79. The summed E-state index contributed by atoms with van der Waals surface area (Å²) in [5.41, 5.74) is 0.327. The lowest BCUT2D eigenvalue weighted by atomic mass is 9.81. The van der Waals surface area contributed by atoms with E-state index in [2.05, 4.69) is 58.8 Å². The minimum absolute atomic E-state index is 0.327. The van der Waals surface area contributed by atoms with Crippen molar-refractivity contribution in [2.24, 2.45) is 5.41 Å². The van der Waals surface area contributed by atoms with Crippen molar-refractivity contribution in [3.8, 4) is 0 Å². The summed E-state index contributed by atoms with van der Waals surface area (Å²) in [5.74, 6) is 0. The quantitative estimate of drug-likeness (QED) is 0.513. The molecule has 21 heavy (non-hydrogen) atoms. The maximum absolute atomic E-state index is 6.14. The summed E-state index contributed by atoms with van der Waals surface area (Å²) in [5, 5.41) is 0. The molecule has 0 rings (SSSR count). The average Bonchev–Trinajstić information content (AvgIpc) is 2.36. The van der Waals surface area contributed by atoms with Crippen LogP contribution in [-0.2, 0) is 4.74 Å². The Morgan fingerprint density at radius 1 is 0.952 bits per heavy atom. The van der Waals surface area contributed by atoms with Gasteiger partial charge in [-0.1, -0.05) is 20.3 Å². The summed E-state index contributed by atoms with van der Waals surface area (Å²) < 4.78 is 6.14. The first-order valence-electron chi connectivity index (χ1n) is 8.70. The summed E-state index contributed by atoms with van der Waals surface area (Å²) in [7, 11) is 8.62. The summed E-state index contributed by atoms with van der Waals surface area (Å²) >= 11 is 0. The molecule has 0 heterocycles. The van der Waals surface area contributed by atoms with Crippen LogP contribution in [0.15, 0.2) is 0 Å². The zero-order valence-electron chi connectivity index (χ0n) is 15.7. The Hall–Kier alpha value is -0.120. The van der Waals surface area contributed by atoms with Gasteiger partial charge in [-0.2, -0.15) is 0 Å². The molecule has 1 unspecified atom stereocenters. The Balaban J connectivity index is 4.29.